The maximum Gasteiger partial charge on any atom is 0.322 e. The fourth-order valence-corrected chi connectivity index (χ4v) is 5.65. The van der Waals surface area contributed by atoms with Gasteiger partial charge in [0, 0.05) is 13.0 Å². The van der Waals surface area contributed by atoms with Crippen LogP contribution >= 0.6 is 0 Å². The molecule has 0 aromatic heterocycles. The van der Waals surface area contributed by atoms with Crippen molar-refractivity contribution in [2.75, 3.05) is 19.8 Å². The second-order valence-electron chi connectivity index (χ2n) is 8.71. The maximum atomic E-state index is 12.7. The van der Waals surface area contributed by atoms with Crippen molar-refractivity contribution in [2.45, 2.75) is 43.5 Å². The van der Waals surface area contributed by atoms with E-state index < -0.39 is 22.0 Å². The number of hydrogen-bond acceptors (Lipinski definition) is 6. The number of aliphatic carboxylic acids is 1. The quantitative estimate of drug-likeness (QED) is 0.309. The first-order chi connectivity index (χ1) is 17.9. The highest BCUT2D eigenvalue weighted by molar-refractivity contribution is 7.89. The van der Waals surface area contributed by atoms with Gasteiger partial charge >= 0.3 is 5.97 Å². The van der Waals surface area contributed by atoms with Gasteiger partial charge in [-0.1, -0.05) is 31.5 Å². The summed E-state index contributed by atoms with van der Waals surface area (Å²) in [5.41, 5.74) is 1.08. The predicted octanol–water partition coefficient (Wildman–Crippen LogP) is 5.13. The van der Waals surface area contributed by atoms with Crippen LogP contribution in [0.4, 0.5) is 0 Å². The number of carboxylic acids is 1. The van der Waals surface area contributed by atoms with E-state index in [1.54, 1.807) is 12.1 Å². The molecule has 0 spiro atoms. The topological polar surface area (TPSA) is 102 Å². The van der Waals surface area contributed by atoms with Crippen LogP contribution in [0, 0.1) is 0 Å². The molecule has 0 radical (unpaired) electrons. The molecule has 0 unspecified atom stereocenters. The van der Waals surface area contributed by atoms with Crippen molar-refractivity contribution in [3.05, 3.63) is 78.4 Å². The summed E-state index contributed by atoms with van der Waals surface area (Å²) in [6.45, 7) is 3.19. The van der Waals surface area contributed by atoms with Crippen molar-refractivity contribution >= 4 is 16.0 Å². The summed E-state index contributed by atoms with van der Waals surface area (Å²) in [6.07, 6.45) is 2.82. The first kappa shape index (κ1) is 26.5. The minimum Gasteiger partial charge on any atom is -0.493 e. The van der Waals surface area contributed by atoms with Crippen molar-refractivity contribution in [3.63, 3.8) is 0 Å². The van der Waals surface area contributed by atoms with Gasteiger partial charge in [-0.2, -0.15) is 4.31 Å². The largest absolute Gasteiger partial charge is 0.493 e. The molecule has 3 aromatic rings. The number of para-hydroxylation sites is 1. The van der Waals surface area contributed by atoms with E-state index in [9.17, 15) is 13.2 Å². The molecule has 1 aliphatic heterocycles. The predicted molar refractivity (Wildman–Crippen MR) is 139 cm³/mol. The van der Waals surface area contributed by atoms with Gasteiger partial charge in [0.2, 0.25) is 10.0 Å². The normalized spacial score (nSPS) is 15.5. The summed E-state index contributed by atoms with van der Waals surface area (Å²) in [6, 6.07) is 20.5. The van der Waals surface area contributed by atoms with Crippen LogP contribution in [0.2, 0.25) is 0 Å². The third-order valence-corrected chi connectivity index (χ3v) is 7.95. The minimum absolute atomic E-state index is 0.0530. The van der Waals surface area contributed by atoms with Crippen molar-refractivity contribution in [2.24, 2.45) is 0 Å². The number of rotatable bonds is 13. The summed E-state index contributed by atoms with van der Waals surface area (Å²) in [4.78, 5) is 11.2. The zero-order chi connectivity index (χ0) is 26.3. The van der Waals surface area contributed by atoms with Crippen LogP contribution in [0.15, 0.2) is 77.7 Å². The number of carboxylic acid groups (broad SMARTS) is 1. The molecule has 1 aliphatic rings. The molecule has 0 aliphatic carbocycles. The molecule has 4 rings (SSSR count). The van der Waals surface area contributed by atoms with Crippen LogP contribution in [0.3, 0.4) is 0 Å². The summed E-state index contributed by atoms with van der Waals surface area (Å²) >= 11 is 0. The Kier molecular flexibility index (Phi) is 8.68. The van der Waals surface area contributed by atoms with Gasteiger partial charge < -0.3 is 19.3 Å². The Balaban J connectivity index is 1.26. The van der Waals surface area contributed by atoms with Crippen LogP contribution in [0.25, 0.3) is 0 Å². The number of nitrogens with zero attached hydrogens (tertiary/aromatic N) is 1. The Morgan fingerprint density at radius 1 is 0.946 bits per heavy atom. The van der Waals surface area contributed by atoms with Crippen LogP contribution in [-0.4, -0.2) is 49.6 Å². The molecule has 37 heavy (non-hydrogen) atoms. The Morgan fingerprint density at radius 3 is 2.30 bits per heavy atom. The Bertz CT molecular complexity index is 1290. The molecule has 1 saturated heterocycles. The third-order valence-electron chi connectivity index (χ3n) is 6.03. The third kappa shape index (κ3) is 6.61. The lowest BCUT2D eigenvalue weighted by Gasteiger charge is -2.36. The average molecular weight is 526 g/mol. The zero-order valence-electron chi connectivity index (χ0n) is 20.7. The molecule has 1 heterocycles. The molecule has 8 nitrogen and oxygen atoms in total. The van der Waals surface area contributed by atoms with Gasteiger partial charge in [-0.25, -0.2) is 8.42 Å². The molecule has 196 valence electrons. The van der Waals surface area contributed by atoms with E-state index >= 15 is 0 Å². The molecule has 0 amide bonds. The summed E-state index contributed by atoms with van der Waals surface area (Å²) in [5.74, 6) is 1.78. The SMILES string of the molecule is CCCc1cc(Oc2ccccc2)ccc1OCCCOc1ccc(S(=O)(=O)N2CC[C@@H]2C(=O)O)cc1. The minimum atomic E-state index is -3.83. The molecule has 0 saturated carbocycles. The molecule has 1 atom stereocenters. The summed E-state index contributed by atoms with van der Waals surface area (Å²) < 4.78 is 44.0. The Labute approximate surface area is 217 Å². The van der Waals surface area contributed by atoms with Crippen LogP contribution in [0.5, 0.6) is 23.0 Å². The highest BCUT2D eigenvalue weighted by Crippen LogP contribution is 2.30. The Hall–Kier alpha value is -3.56. The van der Waals surface area contributed by atoms with E-state index in [-0.39, 0.29) is 11.4 Å². The lowest BCUT2D eigenvalue weighted by Crippen LogP contribution is -2.54. The van der Waals surface area contributed by atoms with E-state index in [4.69, 9.17) is 19.3 Å². The number of benzene rings is 3. The standard InChI is InChI=1S/C28H31NO7S/c1-2-7-21-20-24(36-23-8-4-3-5-9-23)12-15-27(21)35-19-6-18-34-22-10-13-25(14-11-22)37(32,33)29-17-16-26(29)28(30)31/h3-5,8-15,20,26H,2,6-7,16-19H2,1H3,(H,30,31)/t26-/m1/s1. The van der Waals surface area contributed by atoms with E-state index in [0.29, 0.717) is 31.8 Å². The Morgan fingerprint density at radius 2 is 1.65 bits per heavy atom. The van der Waals surface area contributed by atoms with Crippen LogP contribution < -0.4 is 14.2 Å². The van der Waals surface area contributed by atoms with E-state index in [1.165, 1.54) is 12.1 Å². The second-order valence-corrected chi connectivity index (χ2v) is 10.6. The van der Waals surface area contributed by atoms with Gasteiger partial charge in [-0.15, -0.1) is 0 Å². The lowest BCUT2D eigenvalue weighted by atomic mass is 10.1. The molecule has 1 fully saturated rings. The van der Waals surface area contributed by atoms with Gasteiger partial charge in [-0.3, -0.25) is 4.79 Å². The number of aryl methyl sites for hydroxylation is 1. The fourth-order valence-electron chi connectivity index (χ4n) is 4.02. The van der Waals surface area contributed by atoms with Crippen LogP contribution in [0.1, 0.15) is 31.7 Å². The average Bonchev–Trinajstić information content (AvgIpc) is 2.85. The zero-order valence-corrected chi connectivity index (χ0v) is 21.5. The smallest absolute Gasteiger partial charge is 0.322 e. The second kappa shape index (κ2) is 12.1. The van der Waals surface area contributed by atoms with Crippen molar-refractivity contribution in [3.8, 4) is 23.0 Å². The monoisotopic (exact) mass is 525 g/mol. The van der Waals surface area contributed by atoms with E-state index in [2.05, 4.69) is 6.92 Å². The molecule has 9 heteroatoms. The highest BCUT2D eigenvalue weighted by atomic mass is 32.2. The lowest BCUT2D eigenvalue weighted by molar-refractivity contribution is -0.144. The maximum absolute atomic E-state index is 12.7. The molecular formula is C28H31NO7S. The molecular weight excluding hydrogens is 494 g/mol. The number of sulfonamides is 1. The van der Waals surface area contributed by atoms with Gasteiger partial charge in [0.15, 0.2) is 0 Å². The van der Waals surface area contributed by atoms with E-state index in [0.717, 1.165) is 40.0 Å². The first-order valence-electron chi connectivity index (χ1n) is 12.3. The summed E-state index contributed by atoms with van der Waals surface area (Å²) in [7, 11) is -3.83. The molecule has 0 bridgehead atoms. The van der Waals surface area contributed by atoms with Crippen molar-refractivity contribution in [1.82, 2.24) is 4.31 Å². The summed E-state index contributed by atoms with van der Waals surface area (Å²) in [5, 5.41) is 9.14. The highest BCUT2D eigenvalue weighted by Gasteiger charge is 2.42. The fraction of sp³-hybridized carbons (Fsp3) is 0.321. The number of ether oxygens (including phenoxy) is 3. The molecule has 3 aromatic carbocycles. The molecule has 1 N–H and O–H groups in total. The van der Waals surface area contributed by atoms with E-state index in [1.807, 2.05) is 48.5 Å². The van der Waals surface area contributed by atoms with Gasteiger partial charge in [0.1, 0.15) is 29.0 Å². The number of hydrogen-bond donors (Lipinski definition) is 1. The number of carbonyl (C=O) groups is 1. The van der Waals surface area contributed by atoms with Crippen molar-refractivity contribution < 1.29 is 32.5 Å². The van der Waals surface area contributed by atoms with Gasteiger partial charge in [0.05, 0.1) is 18.1 Å². The first-order valence-corrected chi connectivity index (χ1v) is 13.8. The van der Waals surface area contributed by atoms with Crippen molar-refractivity contribution in [1.29, 1.82) is 0 Å². The van der Waals surface area contributed by atoms with Gasteiger partial charge in [-0.05, 0) is 73.0 Å². The van der Waals surface area contributed by atoms with Crippen LogP contribution in [-0.2, 0) is 21.2 Å². The van der Waals surface area contributed by atoms with Gasteiger partial charge in [0.25, 0.3) is 0 Å².